The second-order valence-electron chi connectivity index (χ2n) is 7.77. The standard InChI is InChI=1S/C19H24O6/c1-8(2)17(22)25-19(5)15-12(21)7-9(3)13-11(20)6-10(4)14(13)16(15)24-18(19)23/h6,8,12,14-16,21H,7H2,1-5H3. The Hall–Kier alpha value is -1.95. The lowest BCUT2D eigenvalue weighted by Crippen LogP contribution is -2.50. The summed E-state index contributed by atoms with van der Waals surface area (Å²) in [7, 11) is 0. The lowest BCUT2D eigenvalue weighted by Gasteiger charge is -2.33. The van der Waals surface area contributed by atoms with Gasteiger partial charge in [0.05, 0.1) is 17.9 Å². The summed E-state index contributed by atoms with van der Waals surface area (Å²) in [5.74, 6) is -2.81. The van der Waals surface area contributed by atoms with Crippen LogP contribution in [-0.2, 0) is 23.9 Å². The molecule has 1 fully saturated rings. The van der Waals surface area contributed by atoms with Crippen LogP contribution >= 0.6 is 0 Å². The van der Waals surface area contributed by atoms with E-state index in [1.54, 1.807) is 19.9 Å². The second-order valence-corrected chi connectivity index (χ2v) is 7.77. The van der Waals surface area contributed by atoms with Gasteiger partial charge in [0.15, 0.2) is 5.78 Å². The van der Waals surface area contributed by atoms with E-state index in [4.69, 9.17) is 9.47 Å². The Bertz CT molecular complexity index is 715. The molecule has 0 amide bonds. The molecule has 0 saturated carbocycles. The minimum absolute atomic E-state index is 0.100. The van der Waals surface area contributed by atoms with Gasteiger partial charge < -0.3 is 14.6 Å². The number of aliphatic hydroxyl groups excluding tert-OH is 1. The van der Waals surface area contributed by atoms with E-state index in [2.05, 4.69) is 0 Å². The average Bonchev–Trinajstić information content (AvgIpc) is 2.87. The van der Waals surface area contributed by atoms with Crippen LogP contribution in [0.3, 0.4) is 0 Å². The first-order valence-electron chi connectivity index (χ1n) is 8.62. The molecule has 136 valence electrons. The molecule has 0 aromatic heterocycles. The van der Waals surface area contributed by atoms with Crippen molar-refractivity contribution in [2.24, 2.45) is 17.8 Å². The van der Waals surface area contributed by atoms with Gasteiger partial charge in [-0.1, -0.05) is 25.0 Å². The van der Waals surface area contributed by atoms with Crippen molar-refractivity contribution >= 4 is 17.7 Å². The van der Waals surface area contributed by atoms with E-state index in [1.807, 2.05) is 13.8 Å². The minimum atomic E-state index is -1.56. The first-order chi connectivity index (χ1) is 11.6. The van der Waals surface area contributed by atoms with Crippen LogP contribution in [0.15, 0.2) is 22.8 Å². The first kappa shape index (κ1) is 17.9. The van der Waals surface area contributed by atoms with Gasteiger partial charge in [0, 0.05) is 11.5 Å². The third-order valence-corrected chi connectivity index (χ3v) is 5.57. The van der Waals surface area contributed by atoms with Gasteiger partial charge in [0.1, 0.15) is 6.10 Å². The number of rotatable bonds is 2. The zero-order valence-corrected chi connectivity index (χ0v) is 15.2. The number of fused-ring (bicyclic) bond motifs is 3. The smallest absolute Gasteiger partial charge is 0.351 e. The summed E-state index contributed by atoms with van der Waals surface area (Å²) in [5.41, 5.74) is 0.623. The van der Waals surface area contributed by atoms with E-state index >= 15 is 0 Å². The van der Waals surface area contributed by atoms with Gasteiger partial charge in [0.25, 0.3) is 0 Å². The fourth-order valence-electron chi connectivity index (χ4n) is 4.27. The molecule has 5 atom stereocenters. The molecule has 6 nitrogen and oxygen atoms in total. The summed E-state index contributed by atoms with van der Waals surface area (Å²) < 4.78 is 11.1. The highest BCUT2D eigenvalue weighted by atomic mass is 16.6. The molecule has 1 heterocycles. The number of carbonyl (C=O) groups is 3. The van der Waals surface area contributed by atoms with Crippen LogP contribution in [-0.4, -0.2) is 40.6 Å². The van der Waals surface area contributed by atoms with Crippen molar-refractivity contribution in [2.45, 2.75) is 58.8 Å². The molecule has 0 bridgehead atoms. The number of esters is 2. The number of aliphatic hydroxyl groups is 1. The summed E-state index contributed by atoms with van der Waals surface area (Å²) in [6, 6.07) is 0. The zero-order valence-electron chi connectivity index (χ0n) is 15.2. The molecule has 3 rings (SSSR count). The summed E-state index contributed by atoms with van der Waals surface area (Å²) >= 11 is 0. The van der Waals surface area contributed by atoms with Crippen LogP contribution in [0.4, 0.5) is 0 Å². The van der Waals surface area contributed by atoms with Crippen LogP contribution in [0, 0.1) is 17.8 Å². The average molecular weight is 348 g/mol. The third-order valence-electron chi connectivity index (χ3n) is 5.57. The van der Waals surface area contributed by atoms with Crippen LogP contribution in [0.1, 0.15) is 41.0 Å². The largest absolute Gasteiger partial charge is 0.458 e. The van der Waals surface area contributed by atoms with E-state index in [9.17, 15) is 19.5 Å². The highest BCUT2D eigenvalue weighted by Crippen LogP contribution is 2.50. The lowest BCUT2D eigenvalue weighted by atomic mass is 9.77. The predicted molar refractivity (Wildman–Crippen MR) is 88.3 cm³/mol. The van der Waals surface area contributed by atoms with Crippen molar-refractivity contribution in [3.05, 3.63) is 22.8 Å². The van der Waals surface area contributed by atoms with E-state index in [0.29, 0.717) is 5.57 Å². The van der Waals surface area contributed by atoms with Crippen molar-refractivity contribution in [2.75, 3.05) is 0 Å². The summed E-state index contributed by atoms with van der Waals surface area (Å²) in [6.07, 6.45) is 0.135. The van der Waals surface area contributed by atoms with Crippen LogP contribution in [0.25, 0.3) is 0 Å². The van der Waals surface area contributed by atoms with Gasteiger partial charge >= 0.3 is 11.9 Å². The monoisotopic (exact) mass is 348 g/mol. The SMILES string of the molecule is CC1=CC(=O)C2=C(C)CC(O)C3C(OC(=O)C3(C)OC(=O)C(C)C)C12. The number of carbonyl (C=O) groups excluding carboxylic acids is 3. The van der Waals surface area contributed by atoms with Gasteiger partial charge in [-0.25, -0.2) is 4.79 Å². The van der Waals surface area contributed by atoms with Gasteiger partial charge in [-0.3, -0.25) is 9.59 Å². The maximum atomic E-state index is 12.6. The number of ketones is 1. The molecule has 3 aliphatic rings. The van der Waals surface area contributed by atoms with E-state index in [1.165, 1.54) is 6.92 Å². The van der Waals surface area contributed by atoms with Gasteiger partial charge in [-0.2, -0.15) is 0 Å². The highest BCUT2D eigenvalue weighted by molar-refractivity contribution is 6.09. The zero-order chi connectivity index (χ0) is 18.7. The topological polar surface area (TPSA) is 89.9 Å². The second kappa shape index (κ2) is 5.80. The number of ether oxygens (including phenoxy) is 2. The normalized spacial score (nSPS) is 37.5. The molecule has 5 unspecified atom stereocenters. The van der Waals surface area contributed by atoms with E-state index < -0.39 is 47.5 Å². The van der Waals surface area contributed by atoms with Gasteiger partial charge in [-0.15, -0.1) is 0 Å². The fourth-order valence-corrected chi connectivity index (χ4v) is 4.27. The minimum Gasteiger partial charge on any atom is -0.458 e. The van der Waals surface area contributed by atoms with E-state index in [0.717, 1.165) is 11.1 Å². The molecule has 1 N–H and O–H groups in total. The molecule has 25 heavy (non-hydrogen) atoms. The predicted octanol–water partition coefficient (Wildman–Crippen LogP) is 1.71. The third kappa shape index (κ3) is 2.54. The molecule has 2 aliphatic carbocycles. The summed E-state index contributed by atoms with van der Waals surface area (Å²) in [5, 5.41) is 10.8. The maximum absolute atomic E-state index is 12.6. The van der Waals surface area contributed by atoms with Crippen molar-refractivity contribution in [3.8, 4) is 0 Å². The molecule has 0 radical (unpaired) electrons. The Morgan fingerprint density at radius 1 is 1.36 bits per heavy atom. The molecule has 0 aromatic rings. The molecule has 1 saturated heterocycles. The molecule has 6 heteroatoms. The summed E-state index contributed by atoms with van der Waals surface area (Å²) in [4.78, 5) is 37.1. The maximum Gasteiger partial charge on any atom is 0.351 e. The van der Waals surface area contributed by atoms with Gasteiger partial charge in [0.2, 0.25) is 5.60 Å². The quantitative estimate of drug-likeness (QED) is 0.764. The Balaban J connectivity index is 2.05. The number of hydrogen-bond donors (Lipinski definition) is 1. The Morgan fingerprint density at radius 3 is 2.60 bits per heavy atom. The van der Waals surface area contributed by atoms with Crippen LogP contribution in [0.2, 0.25) is 0 Å². The van der Waals surface area contributed by atoms with Gasteiger partial charge in [-0.05, 0) is 33.3 Å². The molecular formula is C19H24O6. The highest BCUT2D eigenvalue weighted by Gasteiger charge is 2.64. The molecule has 0 aromatic carbocycles. The molecular weight excluding hydrogens is 324 g/mol. The van der Waals surface area contributed by atoms with Crippen molar-refractivity contribution in [1.82, 2.24) is 0 Å². The Labute approximate surface area is 146 Å². The molecule has 0 spiro atoms. The summed E-state index contributed by atoms with van der Waals surface area (Å²) in [6.45, 7) is 8.50. The van der Waals surface area contributed by atoms with Crippen molar-refractivity contribution in [3.63, 3.8) is 0 Å². The lowest BCUT2D eigenvalue weighted by molar-refractivity contribution is -0.178. The first-order valence-corrected chi connectivity index (χ1v) is 8.62. The van der Waals surface area contributed by atoms with Crippen molar-refractivity contribution in [1.29, 1.82) is 0 Å². The van der Waals surface area contributed by atoms with Crippen molar-refractivity contribution < 1.29 is 29.0 Å². The Morgan fingerprint density at radius 2 is 2.00 bits per heavy atom. The van der Waals surface area contributed by atoms with E-state index in [-0.39, 0.29) is 12.2 Å². The molecule has 1 aliphatic heterocycles. The Kier molecular flexibility index (Phi) is 4.14. The van der Waals surface area contributed by atoms with Crippen LogP contribution in [0.5, 0.6) is 0 Å². The van der Waals surface area contributed by atoms with Crippen LogP contribution < -0.4 is 0 Å². The number of allylic oxidation sites excluding steroid dienone is 1. The number of hydrogen-bond acceptors (Lipinski definition) is 6. The fraction of sp³-hybridized carbons (Fsp3) is 0.632.